The zero-order valence-corrected chi connectivity index (χ0v) is 20.7. The van der Waals surface area contributed by atoms with E-state index in [1.807, 2.05) is 51.9 Å². The molecule has 0 radical (unpaired) electrons. The van der Waals surface area contributed by atoms with Gasteiger partial charge in [-0.05, 0) is 62.6 Å². The Labute approximate surface area is 206 Å². The lowest BCUT2D eigenvalue weighted by Crippen LogP contribution is -2.39. The molecular formula is C24H24ClN5OS2. The van der Waals surface area contributed by atoms with Crippen molar-refractivity contribution in [3.05, 3.63) is 58.6 Å². The third kappa shape index (κ3) is 4.65. The van der Waals surface area contributed by atoms with Crippen LogP contribution in [0.1, 0.15) is 37.2 Å². The summed E-state index contributed by atoms with van der Waals surface area (Å²) in [7, 11) is 0. The molecule has 5 rings (SSSR count). The minimum Gasteiger partial charge on any atom is -0.332 e. The van der Waals surface area contributed by atoms with E-state index in [0.717, 1.165) is 59.4 Å². The average Bonchev–Trinajstić information content (AvgIpc) is 3.47. The first kappa shape index (κ1) is 22.4. The maximum atomic E-state index is 13.3. The standard InChI is InChI=1S/C24H24ClN5OS2/c1-2-29-22(16-10-12-17(25)13-11-16)27-28-24(29)32-15-21(31)30-14-6-5-8-19(30)23-26-18-7-3-4-9-20(18)33-23/h3-4,7,9-13,19H,2,5-6,8,14-15H2,1H3. The van der Waals surface area contributed by atoms with Crippen LogP contribution in [-0.4, -0.2) is 42.9 Å². The van der Waals surface area contributed by atoms with Crippen molar-refractivity contribution in [2.75, 3.05) is 12.3 Å². The lowest BCUT2D eigenvalue weighted by atomic mass is 10.0. The molecule has 0 bridgehead atoms. The fourth-order valence-electron chi connectivity index (χ4n) is 4.22. The normalized spacial score (nSPS) is 16.4. The van der Waals surface area contributed by atoms with E-state index in [4.69, 9.17) is 16.6 Å². The molecule has 0 spiro atoms. The molecule has 33 heavy (non-hydrogen) atoms. The first-order chi connectivity index (χ1) is 16.1. The number of hydrogen-bond acceptors (Lipinski definition) is 6. The molecule has 6 nitrogen and oxygen atoms in total. The SMILES string of the molecule is CCn1c(SCC(=O)N2CCCCC2c2nc3ccccc3s2)nnc1-c1ccc(Cl)cc1. The van der Waals surface area contributed by atoms with Crippen molar-refractivity contribution >= 4 is 50.8 Å². The number of aromatic nitrogens is 4. The molecule has 170 valence electrons. The van der Waals surface area contributed by atoms with E-state index in [0.29, 0.717) is 10.8 Å². The Bertz CT molecular complexity index is 1240. The smallest absolute Gasteiger partial charge is 0.233 e. The predicted molar refractivity (Wildman–Crippen MR) is 135 cm³/mol. The summed E-state index contributed by atoms with van der Waals surface area (Å²) in [5.74, 6) is 1.25. The van der Waals surface area contributed by atoms with Crippen molar-refractivity contribution in [3.8, 4) is 11.4 Å². The number of thiazole rings is 1. The van der Waals surface area contributed by atoms with Gasteiger partial charge in [-0.15, -0.1) is 21.5 Å². The van der Waals surface area contributed by atoms with Gasteiger partial charge in [-0.3, -0.25) is 4.79 Å². The summed E-state index contributed by atoms with van der Waals surface area (Å²) < 4.78 is 3.22. The second-order valence-electron chi connectivity index (χ2n) is 7.96. The minimum absolute atomic E-state index is 0.0536. The molecule has 1 aliphatic rings. The molecule has 3 heterocycles. The van der Waals surface area contributed by atoms with Gasteiger partial charge < -0.3 is 9.47 Å². The van der Waals surface area contributed by atoms with E-state index < -0.39 is 0 Å². The van der Waals surface area contributed by atoms with Crippen LogP contribution in [0.15, 0.2) is 53.7 Å². The number of fused-ring (bicyclic) bond motifs is 1. The number of carbonyl (C=O) groups is 1. The molecule has 2 aromatic carbocycles. The zero-order valence-electron chi connectivity index (χ0n) is 18.3. The Morgan fingerprint density at radius 3 is 2.76 bits per heavy atom. The van der Waals surface area contributed by atoms with Crippen LogP contribution in [0, 0.1) is 0 Å². The third-order valence-electron chi connectivity index (χ3n) is 5.88. The van der Waals surface area contributed by atoms with Crippen molar-refractivity contribution < 1.29 is 4.79 Å². The second kappa shape index (κ2) is 9.83. The lowest BCUT2D eigenvalue weighted by Gasteiger charge is -2.34. The largest absolute Gasteiger partial charge is 0.332 e. The predicted octanol–water partition coefficient (Wildman–Crippen LogP) is 6.07. The second-order valence-corrected chi connectivity index (χ2v) is 10.4. The summed E-state index contributed by atoms with van der Waals surface area (Å²) in [5, 5.41) is 11.2. The van der Waals surface area contributed by atoms with Crippen LogP contribution in [0.25, 0.3) is 21.6 Å². The number of rotatable bonds is 6. The fourth-order valence-corrected chi connectivity index (χ4v) is 6.35. The van der Waals surface area contributed by atoms with Crippen molar-refractivity contribution in [2.24, 2.45) is 0 Å². The van der Waals surface area contributed by atoms with Gasteiger partial charge in [0.2, 0.25) is 5.91 Å². The van der Waals surface area contributed by atoms with Crippen LogP contribution in [0.5, 0.6) is 0 Å². The Balaban J connectivity index is 1.32. The Morgan fingerprint density at radius 1 is 1.15 bits per heavy atom. The molecule has 0 saturated carbocycles. The van der Waals surface area contributed by atoms with Crippen molar-refractivity contribution in [2.45, 2.75) is 43.9 Å². The first-order valence-corrected chi connectivity index (χ1v) is 13.3. The van der Waals surface area contributed by atoms with Gasteiger partial charge >= 0.3 is 0 Å². The summed E-state index contributed by atoms with van der Waals surface area (Å²) in [5.41, 5.74) is 1.97. The van der Waals surface area contributed by atoms with E-state index in [9.17, 15) is 4.79 Å². The first-order valence-electron chi connectivity index (χ1n) is 11.1. The summed E-state index contributed by atoms with van der Waals surface area (Å²) >= 11 is 9.17. The van der Waals surface area contributed by atoms with E-state index in [1.165, 1.54) is 16.5 Å². The highest BCUT2D eigenvalue weighted by molar-refractivity contribution is 7.99. The molecule has 0 aliphatic carbocycles. The van der Waals surface area contributed by atoms with Gasteiger partial charge in [-0.2, -0.15) is 0 Å². The molecule has 4 aromatic rings. The number of amides is 1. The van der Waals surface area contributed by atoms with Gasteiger partial charge in [-0.25, -0.2) is 4.98 Å². The number of thioether (sulfide) groups is 1. The number of piperidine rings is 1. The van der Waals surface area contributed by atoms with E-state index in [-0.39, 0.29) is 11.9 Å². The van der Waals surface area contributed by atoms with E-state index >= 15 is 0 Å². The summed E-state index contributed by atoms with van der Waals surface area (Å²) in [6, 6.07) is 15.8. The van der Waals surface area contributed by atoms with Crippen LogP contribution in [0.2, 0.25) is 5.02 Å². The topological polar surface area (TPSA) is 63.9 Å². The molecule has 1 saturated heterocycles. The quantitative estimate of drug-likeness (QED) is 0.302. The zero-order chi connectivity index (χ0) is 22.8. The Kier molecular flexibility index (Phi) is 6.66. The highest BCUT2D eigenvalue weighted by Gasteiger charge is 2.30. The molecule has 1 fully saturated rings. The highest BCUT2D eigenvalue weighted by atomic mass is 35.5. The monoisotopic (exact) mass is 497 g/mol. The van der Waals surface area contributed by atoms with E-state index in [1.54, 1.807) is 11.3 Å². The van der Waals surface area contributed by atoms with Gasteiger partial charge in [0.1, 0.15) is 5.01 Å². The van der Waals surface area contributed by atoms with Gasteiger partial charge in [0.15, 0.2) is 11.0 Å². The molecule has 9 heteroatoms. The number of benzene rings is 2. The van der Waals surface area contributed by atoms with Crippen LogP contribution >= 0.6 is 34.7 Å². The van der Waals surface area contributed by atoms with Crippen molar-refractivity contribution in [1.82, 2.24) is 24.6 Å². The maximum Gasteiger partial charge on any atom is 0.233 e. The van der Waals surface area contributed by atoms with Gasteiger partial charge in [0.05, 0.1) is 22.0 Å². The third-order valence-corrected chi connectivity index (χ3v) is 8.22. The molecule has 1 unspecified atom stereocenters. The van der Waals surface area contributed by atoms with Gasteiger partial charge in [0, 0.05) is 23.7 Å². The van der Waals surface area contributed by atoms with Crippen LogP contribution < -0.4 is 0 Å². The minimum atomic E-state index is 0.0536. The number of carbonyl (C=O) groups excluding carboxylic acids is 1. The highest BCUT2D eigenvalue weighted by Crippen LogP contribution is 2.36. The van der Waals surface area contributed by atoms with Crippen LogP contribution in [0.4, 0.5) is 0 Å². The van der Waals surface area contributed by atoms with Gasteiger partial charge in [-0.1, -0.05) is 35.5 Å². The number of hydrogen-bond donors (Lipinski definition) is 0. The van der Waals surface area contributed by atoms with Crippen molar-refractivity contribution in [3.63, 3.8) is 0 Å². The Hall–Kier alpha value is -2.42. The lowest BCUT2D eigenvalue weighted by molar-refractivity contribution is -0.132. The number of halogens is 1. The summed E-state index contributed by atoms with van der Waals surface area (Å²) in [6.07, 6.45) is 3.11. The molecule has 2 aromatic heterocycles. The molecular weight excluding hydrogens is 474 g/mol. The van der Waals surface area contributed by atoms with Gasteiger partial charge in [0.25, 0.3) is 0 Å². The molecule has 1 aliphatic heterocycles. The molecule has 1 amide bonds. The summed E-state index contributed by atoms with van der Waals surface area (Å²) in [6.45, 7) is 3.55. The summed E-state index contributed by atoms with van der Waals surface area (Å²) in [4.78, 5) is 20.1. The number of likely N-dealkylation sites (tertiary alicyclic amines) is 1. The van der Waals surface area contributed by atoms with Crippen LogP contribution in [-0.2, 0) is 11.3 Å². The average molecular weight is 498 g/mol. The number of nitrogens with zero attached hydrogens (tertiary/aromatic N) is 5. The Morgan fingerprint density at radius 2 is 1.97 bits per heavy atom. The molecule has 1 atom stereocenters. The van der Waals surface area contributed by atoms with Crippen LogP contribution in [0.3, 0.4) is 0 Å². The number of para-hydroxylation sites is 1. The molecule has 0 N–H and O–H groups in total. The fraction of sp³-hybridized carbons (Fsp3) is 0.333. The maximum absolute atomic E-state index is 13.3. The van der Waals surface area contributed by atoms with E-state index in [2.05, 4.69) is 23.2 Å². The van der Waals surface area contributed by atoms with Crippen molar-refractivity contribution in [1.29, 1.82) is 0 Å².